The number of amides is 2. The minimum atomic E-state index is -0.284. The van der Waals surface area contributed by atoms with Crippen LogP contribution in [0.5, 0.6) is 0 Å². The molecule has 0 radical (unpaired) electrons. The molecule has 1 atom stereocenters. The Balaban J connectivity index is 1.63. The average molecular weight is 410 g/mol. The molecular weight excluding hydrogens is 385 g/mol. The monoisotopic (exact) mass is 410 g/mol. The fourth-order valence-electron chi connectivity index (χ4n) is 3.16. The van der Waals surface area contributed by atoms with Crippen LogP contribution in [0.1, 0.15) is 21.7 Å². The molecule has 0 aliphatic heterocycles. The smallest absolute Gasteiger partial charge is 0.281 e. The number of likely N-dealkylation sites (N-methyl/N-ethyl adjacent to an activating group) is 2. The number of anilines is 1. The third-order valence-electron chi connectivity index (χ3n) is 4.76. The van der Waals surface area contributed by atoms with Crippen LogP contribution in [0.4, 0.5) is 10.1 Å². The van der Waals surface area contributed by atoms with E-state index in [4.69, 9.17) is 4.42 Å². The van der Waals surface area contributed by atoms with Gasteiger partial charge in [0, 0.05) is 12.6 Å². The topological polar surface area (TPSA) is 67.0 Å². The number of carbonyl (C=O) groups is 2. The number of nitrogens with zero attached hydrogens (tertiary/aromatic N) is 1. The Morgan fingerprint density at radius 3 is 2.50 bits per heavy atom. The van der Waals surface area contributed by atoms with Crippen LogP contribution in [0.2, 0.25) is 0 Å². The first kappa shape index (κ1) is 21.3. The van der Waals surface area contributed by atoms with E-state index in [1.807, 2.05) is 7.05 Å². The highest BCUT2D eigenvalue weighted by Gasteiger charge is 2.21. The van der Waals surface area contributed by atoms with Gasteiger partial charge in [-0.2, -0.15) is 0 Å². The molecule has 3 aromatic rings. The average Bonchev–Trinajstić information content (AvgIpc) is 3.26. The van der Waals surface area contributed by atoms with Crippen molar-refractivity contribution in [2.45, 2.75) is 13.1 Å². The summed E-state index contributed by atoms with van der Waals surface area (Å²) in [6.07, 6.45) is 1.55. The quantitative estimate of drug-likeness (QED) is 0.597. The molecule has 0 spiro atoms. The Morgan fingerprint density at radius 1 is 1.07 bits per heavy atom. The Kier molecular flexibility index (Phi) is 6.98. The van der Waals surface area contributed by atoms with Crippen molar-refractivity contribution < 1.29 is 23.3 Å². The SMILES string of the molecule is CN(C(=O)C[NH+](C)Cc1ccc(F)cc1)c1ccccc1C(=O)NCc1ccco1. The first-order valence-electron chi connectivity index (χ1n) is 9.66. The van der Waals surface area contributed by atoms with Gasteiger partial charge in [-0.05, 0) is 36.4 Å². The van der Waals surface area contributed by atoms with Gasteiger partial charge in [0.25, 0.3) is 11.8 Å². The minimum absolute atomic E-state index is 0.124. The number of hydrogen-bond donors (Lipinski definition) is 2. The van der Waals surface area contributed by atoms with Gasteiger partial charge in [-0.15, -0.1) is 0 Å². The van der Waals surface area contributed by atoms with Crippen molar-refractivity contribution in [3.05, 3.63) is 89.6 Å². The lowest BCUT2D eigenvalue weighted by Crippen LogP contribution is -3.08. The maximum absolute atomic E-state index is 13.1. The molecule has 2 aromatic carbocycles. The number of benzene rings is 2. The molecule has 2 amide bonds. The summed E-state index contributed by atoms with van der Waals surface area (Å²) in [7, 11) is 3.56. The van der Waals surface area contributed by atoms with E-state index in [0.29, 0.717) is 23.6 Å². The summed E-state index contributed by atoms with van der Waals surface area (Å²) in [6.45, 7) is 1.09. The first-order valence-corrected chi connectivity index (χ1v) is 9.66. The zero-order valence-electron chi connectivity index (χ0n) is 17.0. The van der Waals surface area contributed by atoms with Crippen LogP contribution in [0.25, 0.3) is 0 Å². The largest absolute Gasteiger partial charge is 0.467 e. The van der Waals surface area contributed by atoms with E-state index in [9.17, 15) is 14.0 Å². The fraction of sp³-hybridized carbons (Fsp3) is 0.217. The Bertz CT molecular complexity index is 987. The van der Waals surface area contributed by atoms with Gasteiger partial charge in [0.15, 0.2) is 6.54 Å². The van der Waals surface area contributed by atoms with Crippen LogP contribution < -0.4 is 15.1 Å². The summed E-state index contributed by atoms with van der Waals surface area (Å²) < 4.78 is 18.3. The third kappa shape index (κ3) is 5.55. The predicted octanol–water partition coefficient (Wildman–Crippen LogP) is 2.03. The molecule has 156 valence electrons. The molecule has 0 bridgehead atoms. The Labute approximate surface area is 174 Å². The molecule has 1 heterocycles. The normalized spacial score (nSPS) is 11.7. The van der Waals surface area contributed by atoms with Gasteiger partial charge in [-0.25, -0.2) is 4.39 Å². The third-order valence-corrected chi connectivity index (χ3v) is 4.76. The Morgan fingerprint density at radius 2 is 1.80 bits per heavy atom. The fourth-order valence-corrected chi connectivity index (χ4v) is 3.16. The molecule has 2 N–H and O–H groups in total. The number of quaternary nitrogens is 1. The summed E-state index contributed by atoms with van der Waals surface area (Å²) in [6, 6.07) is 16.8. The van der Waals surface area contributed by atoms with Crippen molar-refractivity contribution in [3.8, 4) is 0 Å². The summed E-state index contributed by atoms with van der Waals surface area (Å²) in [5.41, 5.74) is 1.90. The van der Waals surface area contributed by atoms with Gasteiger partial charge < -0.3 is 19.5 Å². The van der Waals surface area contributed by atoms with Gasteiger partial charge in [0.05, 0.1) is 31.1 Å². The van der Waals surface area contributed by atoms with E-state index in [2.05, 4.69) is 5.32 Å². The number of carbonyl (C=O) groups excluding carboxylic acids is 2. The lowest BCUT2D eigenvalue weighted by Gasteiger charge is -2.22. The number of para-hydroxylation sites is 1. The van der Waals surface area contributed by atoms with Crippen molar-refractivity contribution in [2.75, 3.05) is 25.5 Å². The van der Waals surface area contributed by atoms with E-state index >= 15 is 0 Å². The van der Waals surface area contributed by atoms with Crippen LogP contribution in [0.15, 0.2) is 71.3 Å². The molecule has 0 aliphatic rings. The van der Waals surface area contributed by atoms with Crippen molar-refractivity contribution in [3.63, 3.8) is 0 Å². The Hall–Kier alpha value is -3.45. The van der Waals surface area contributed by atoms with Gasteiger partial charge in [0.2, 0.25) is 0 Å². The van der Waals surface area contributed by atoms with E-state index in [0.717, 1.165) is 10.5 Å². The van der Waals surface area contributed by atoms with E-state index in [-0.39, 0.29) is 30.7 Å². The van der Waals surface area contributed by atoms with Gasteiger partial charge >= 0.3 is 0 Å². The molecule has 30 heavy (non-hydrogen) atoms. The second-order valence-corrected chi connectivity index (χ2v) is 7.17. The number of furan rings is 1. The highest BCUT2D eigenvalue weighted by molar-refractivity contribution is 6.04. The van der Waals surface area contributed by atoms with E-state index in [1.54, 1.807) is 61.8 Å². The van der Waals surface area contributed by atoms with Crippen LogP contribution in [0, 0.1) is 5.82 Å². The van der Waals surface area contributed by atoms with Crippen LogP contribution in [-0.4, -0.2) is 32.5 Å². The van der Waals surface area contributed by atoms with Crippen molar-refractivity contribution in [1.29, 1.82) is 0 Å². The van der Waals surface area contributed by atoms with Gasteiger partial charge in [-0.1, -0.05) is 24.3 Å². The van der Waals surface area contributed by atoms with Crippen molar-refractivity contribution in [2.24, 2.45) is 0 Å². The molecule has 3 rings (SSSR count). The summed E-state index contributed by atoms with van der Waals surface area (Å²) in [5.74, 6) is -0.0417. The first-order chi connectivity index (χ1) is 14.4. The van der Waals surface area contributed by atoms with E-state index in [1.165, 1.54) is 17.0 Å². The molecule has 1 aromatic heterocycles. The lowest BCUT2D eigenvalue weighted by molar-refractivity contribution is -0.885. The molecule has 1 unspecified atom stereocenters. The highest BCUT2D eigenvalue weighted by atomic mass is 19.1. The maximum Gasteiger partial charge on any atom is 0.281 e. The summed E-state index contributed by atoms with van der Waals surface area (Å²) >= 11 is 0. The van der Waals surface area contributed by atoms with Gasteiger partial charge in [-0.3, -0.25) is 9.59 Å². The maximum atomic E-state index is 13.1. The summed E-state index contributed by atoms with van der Waals surface area (Å²) in [5, 5.41) is 2.81. The van der Waals surface area contributed by atoms with E-state index < -0.39 is 0 Å². The number of nitrogens with one attached hydrogen (secondary N) is 2. The minimum Gasteiger partial charge on any atom is -0.467 e. The highest BCUT2D eigenvalue weighted by Crippen LogP contribution is 2.19. The summed E-state index contributed by atoms with van der Waals surface area (Å²) in [4.78, 5) is 27.9. The van der Waals surface area contributed by atoms with Crippen LogP contribution >= 0.6 is 0 Å². The molecule has 7 heteroatoms. The van der Waals surface area contributed by atoms with Crippen LogP contribution in [0.3, 0.4) is 0 Å². The molecule has 0 aliphatic carbocycles. The zero-order valence-corrected chi connectivity index (χ0v) is 17.0. The molecule has 0 fully saturated rings. The lowest BCUT2D eigenvalue weighted by atomic mass is 10.1. The molecule has 0 saturated carbocycles. The predicted molar refractivity (Wildman–Crippen MR) is 112 cm³/mol. The van der Waals surface area contributed by atoms with Crippen molar-refractivity contribution in [1.82, 2.24) is 5.32 Å². The molecule has 6 nitrogen and oxygen atoms in total. The second-order valence-electron chi connectivity index (χ2n) is 7.17. The number of hydrogen-bond acceptors (Lipinski definition) is 3. The number of halogens is 1. The number of rotatable bonds is 8. The van der Waals surface area contributed by atoms with Gasteiger partial charge in [0.1, 0.15) is 18.1 Å². The standard InChI is InChI=1S/C23H24FN3O3/c1-26(15-17-9-11-18(24)12-10-17)16-22(28)27(2)21-8-4-3-7-20(21)23(29)25-14-19-6-5-13-30-19/h3-13H,14-16H2,1-2H3,(H,25,29)/p+1. The second kappa shape index (κ2) is 9.84. The van der Waals surface area contributed by atoms with Crippen LogP contribution in [-0.2, 0) is 17.9 Å². The molecule has 0 saturated heterocycles. The zero-order chi connectivity index (χ0) is 21.5. The molecular formula is C23H25FN3O3+. The van der Waals surface area contributed by atoms with Crippen molar-refractivity contribution >= 4 is 17.5 Å².